The van der Waals surface area contributed by atoms with Crippen molar-refractivity contribution in [3.05, 3.63) is 34.1 Å². The monoisotopic (exact) mass is 349 g/mol. The lowest BCUT2D eigenvalue weighted by atomic mass is 10.1. The van der Waals surface area contributed by atoms with Gasteiger partial charge < -0.3 is 23.9 Å². The summed E-state index contributed by atoms with van der Waals surface area (Å²) in [6.07, 6.45) is 2.88. The van der Waals surface area contributed by atoms with Crippen molar-refractivity contribution in [2.75, 3.05) is 34.5 Å². The average Bonchev–Trinajstić information content (AvgIpc) is 2.62. The van der Waals surface area contributed by atoms with Gasteiger partial charge in [-0.05, 0) is 31.4 Å². The Morgan fingerprint density at radius 1 is 1.00 bits per heavy atom. The lowest BCUT2D eigenvalue weighted by Gasteiger charge is -2.12. The van der Waals surface area contributed by atoms with E-state index < -0.39 is 11.5 Å². The highest BCUT2D eigenvalue weighted by Gasteiger charge is 2.14. The third kappa shape index (κ3) is 4.73. The van der Waals surface area contributed by atoms with E-state index in [2.05, 4.69) is 9.72 Å². The molecule has 136 valence electrons. The standard InChI is InChI=1S/C18H23NO6/c1-22-7-5-4-6-8-25-16-10-12-9-13(18(21)24-3)17(20)19-14(12)11-15(16)23-2/h9-11H,4-8H2,1-3H3,(H,19,20). The van der Waals surface area contributed by atoms with Crippen molar-refractivity contribution in [3.63, 3.8) is 0 Å². The molecule has 2 rings (SSSR count). The number of ether oxygens (including phenoxy) is 4. The molecule has 0 spiro atoms. The van der Waals surface area contributed by atoms with Gasteiger partial charge in [0.05, 0.1) is 26.3 Å². The third-order valence-corrected chi connectivity index (χ3v) is 3.78. The van der Waals surface area contributed by atoms with Crippen molar-refractivity contribution in [2.24, 2.45) is 0 Å². The molecule has 0 aliphatic carbocycles. The number of nitrogens with one attached hydrogen (secondary N) is 1. The molecule has 1 heterocycles. The number of unbranched alkanes of at least 4 members (excludes halogenated alkanes) is 2. The molecular weight excluding hydrogens is 326 g/mol. The lowest BCUT2D eigenvalue weighted by molar-refractivity contribution is 0.0599. The molecule has 1 aromatic heterocycles. The Kier molecular flexibility index (Phi) is 6.82. The number of aromatic amines is 1. The molecule has 25 heavy (non-hydrogen) atoms. The van der Waals surface area contributed by atoms with E-state index >= 15 is 0 Å². The van der Waals surface area contributed by atoms with E-state index in [1.165, 1.54) is 20.3 Å². The molecule has 2 aromatic rings. The summed E-state index contributed by atoms with van der Waals surface area (Å²) in [7, 11) is 4.45. The van der Waals surface area contributed by atoms with Crippen molar-refractivity contribution in [1.82, 2.24) is 4.98 Å². The molecule has 1 aromatic carbocycles. The fraction of sp³-hybridized carbons (Fsp3) is 0.444. The summed E-state index contributed by atoms with van der Waals surface area (Å²) in [6.45, 7) is 1.28. The first kappa shape index (κ1) is 18.8. The maximum absolute atomic E-state index is 12.0. The van der Waals surface area contributed by atoms with Crippen molar-refractivity contribution in [2.45, 2.75) is 19.3 Å². The number of esters is 1. The number of fused-ring (bicyclic) bond motifs is 1. The number of aromatic nitrogens is 1. The van der Waals surface area contributed by atoms with Crippen LogP contribution < -0.4 is 15.0 Å². The van der Waals surface area contributed by atoms with E-state index in [-0.39, 0.29) is 5.56 Å². The Labute approximate surface area is 145 Å². The van der Waals surface area contributed by atoms with Gasteiger partial charge in [-0.3, -0.25) is 4.79 Å². The molecule has 0 amide bonds. The van der Waals surface area contributed by atoms with Gasteiger partial charge >= 0.3 is 5.97 Å². The van der Waals surface area contributed by atoms with Crippen LogP contribution in [0.4, 0.5) is 0 Å². The predicted octanol–water partition coefficient (Wildman–Crippen LogP) is 2.52. The van der Waals surface area contributed by atoms with E-state index in [0.717, 1.165) is 25.9 Å². The molecule has 7 nitrogen and oxygen atoms in total. The van der Waals surface area contributed by atoms with Crippen LogP contribution in [0.5, 0.6) is 11.5 Å². The second kappa shape index (κ2) is 9.08. The van der Waals surface area contributed by atoms with Gasteiger partial charge in [0.15, 0.2) is 11.5 Å². The Bertz CT molecular complexity index is 783. The van der Waals surface area contributed by atoms with Gasteiger partial charge in [0.1, 0.15) is 5.56 Å². The van der Waals surface area contributed by atoms with Crippen LogP contribution in [-0.2, 0) is 9.47 Å². The Balaban J connectivity index is 2.22. The molecule has 0 aliphatic rings. The van der Waals surface area contributed by atoms with Gasteiger partial charge in [-0.25, -0.2) is 4.79 Å². The van der Waals surface area contributed by atoms with Crippen LogP contribution in [0.1, 0.15) is 29.6 Å². The zero-order valence-electron chi connectivity index (χ0n) is 14.7. The number of carbonyl (C=O) groups excluding carboxylic acids is 1. The van der Waals surface area contributed by atoms with Crippen molar-refractivity contribution >= 4 is 16.9 Å². The molecule has 1 N–H and O–H groups in total. The summed E-state index contributed by atoms with van der Waals surface area (Å²) in [6, 6.07) is 4.91. The molecule has 0 saturated carbocycles. The first-order chi connectivity index (χ1) is 12.1. The largest absolute Gasteiger partial charge is 0.493 e. The van der Waals surface area contributed by atoms with Gasteiger partial charge in [0.2, 0.25) is 0 Å². The van der Waals surface area contributed by atoms with Gasteiger partial charge in [-0.15, -0.1) is 0 Å². The summed E-state index contributed by atoms with van der Waals surface area (Å²) < 4.78 is 20.8. The van der Waals surface area contributed by atoms with E-state index in [0.29, 0.717) is 29.0 Å². The smallest absolute Gasteiger partial charge is 0.343 e. The lowest BCUT2D eigenvalue weighted by Crippen LogP contribution is -2.18. The van der Waals surface area contributed by atoms with Gasteiger partial charge in [-0.1, -0.05) is 0 Å². The summed E-state index contributed by atoms with van der Waals surface area (Å²) in [5.41, 5.74) is 0.000782. The van der Waals surface area contributed by atoms with Crippen LogP contribution in [0.15, 0.2) is 23.0 Å². The number of carbonyl (C=O) groups is 1. The van der Waals surface area contributed by atoms with Gasteiger partial charge in [0.25, 0.3) is 5.56 Å². The number of pyridine rings is 1. The zero-order chi connectivity index (χ0) is 18.2. The molecule has 0 bridgehead atoms. The number of rotatable bonds is 9. The maximum Gasteiger partial charge on any atom is 0.343 e. The zero-order valence-corrected chi connectivity index (χ0v) is 14.7. The minimum atomic E-state index is -0.681. The van der Waals surface area contributed by atoms with Gasteiger partial charge in [0, 0.05) is 25.2 Å². The highest BCUT2D eigenvalue weighted by atomic mass is 16.5. The highest BCUT2D eigenvalue weighted by molar-refractivity contribution is 5.94. The second-order valence-electron chi connectivity index (χ2n) is 5.50. The molecule has 0 aliphatic heterocycles. The normalized spacial score (nSPS) is 10.7. The molecule has 0 saturated heterocycles. The Morgan fingerprint density at radius 3 is 2.44 bits per heavy atom. The van der Waals surface area contributed by atoms with Crippen molar-refractivity contribution in [3.8, 4) is 11.5 Å². The van der Waals surface area contributed by atoms with Gasteiger partial charge in [-0.2, -0.15) is 0 Å². The topological polar surface area (TPSA) is 86.9 Å². The van der Waals surface area contributed by atoms with Crippen LogP contribution in [0.25, 0.3) is 10.9 Å². The second-order valence-corrected chi connectivity index (χ2v) is 5.50. The van der Waals surface area contributed by atoms with Crippen molar-refractivity contribution in [1.29, 1.82) is 0 Å². The average molecular weight is 349 g/mol. The maximum atomic E-state index is 12.0. The summed E-state index contributed by atoms with van der Waals surface area (Å²) >= 11 is 0. The molecule has 7 heteroatoms. The summed E-state index contributed by atoms with van der Waals surface area (Å²) in [4.78, 5) is 26.3. The van der Waals surface area contributed by atoms with Crippen LogP contribution in [0.3, 0.4) is 0 Å². The molecule has 0 unspecified atom stereocenters. The van der Waals surface area contributed by atoms with E-state index in [9.17, 15) is 9.59 Å². The summed E-state index contributed by atoms with van der Waals surface area (Å²) in [5.74, 6) is 0.398. The SMILES string of the molecule is COCCCCCOc1cc2cc(C(=O)OC)c(=O)[nH]c2cc1OC. The first-order valence-corrected chi connectivity index (χ1v) is 8.05. The highest BCUT2D eigenvalue weighted by Crippen LogP contribution is 2.31. The van der Waals surface area contributed by atoms with Crippen LogP contribution in [0, 0.1) is 0 Å². The number of hydrogen-bond acceptors (Lipinski definition) is 6. The Hall–Kier alpha value is -2.54. The predicted molar refractivity (Wildman–Crippen MR) is 93.7 cm³/mol. The number of H-pyrrole nitrogens is 1. The number of benzene rings is 1. The fourth-order valence-electron chi connectivity index (χ4n) is 2.46. The van der Waals surface area contributed by atoms with Crippen molar-refractivity contribution < 1.29 is 23.7 Å². The molecule has 0 atom stereocenters. The van der Waals surface area contributed by atoms with Crippen LogP contribution in [-0.4, -0.2) is 45.5 Å². The third-order valence-electron chi connectivity index (χ3n) is 3.78. The van der Waals surface area contributed by atoms with E-state index in [1.807, 2.05) is 0 Å². The number of methoxy groups -OCH3 is 3. The minimum absolute atomic E-state index is 0.0503. The first-order valence-electron chi connectivity index (χ1n) is 8.05. The van der Waals surface area contributed by atoms with E-state index in [1.54, 1.807) is 19.2 Å². The number of hydrogen-bond donors (Lipinski definition) is 1. The van der Waals surface area contributed by atoms with Crippen LogP contribution >= 0.6 is 0 Å². The van der Waals surface area contributed by atoms with E-state index in [4.69, 9.17) is 14.2 Å². The summed E-state index contributed by atoms with van der Waals surface area (Å²) in [5, 5.41) is 0.662. The Morgan fingerprint density at radius 2 is 1.76 bits per heavy atom. The quantitative estimate of drug-likeness (QED) is 0.553. The minimum Gasteiger partial charge on any atom is -0.493 e. The van der Waals surface area contributed by atoms with Crippen LogP contribution in [0.2, 0.25) is 0 Å². The molecular formula is C18H23NO6. The molecule has 0 fully saturated rings. The fourth-order valence-corrected chi connectivity index (χ4v) is 2.46. The molecule has 0 radical (unpaired) electrons.